The first-order valence-electron chi connectivity index (χ1n) is 15.7. The Hall–Kier alpha value is -2.55. The molecule has 0 radical (unpaired) electrons. The molecule has 0 heterocycles. The number of benzene rings is 1. The molecule has 0 fully saturated rings. The molecule has 0 bridgehead atoms. The van der Waals surface area contributed by atoms with Crippen molar-refractivity contribution < 1.29 is 14.6 Å². The molecule has 0 aliphatic heterocycles. The predicted octanol–water partition coefficient (Wildman–Crippen LogP) is 11.0. The number of methoxy groups -OCH3 is 1. The minimum atomic E-state index is -0.674. The van der Waals surface area contributed by atoms with Gasteiger partial charge in [-0.25, -0.2) is 0 Å². The Labute approximate surface area is 246 Å². The third-order valence-corrected chi connectivity index (χ3v) is 8.32. The molecule has 1 N–H and O–H groups in total. The van der Waals surface area contributed by atoms with E-state index in [9.17, 15) is 4.79 Å². The average molecular weight is 551 g/mol. The number of hydrogen-bond acceptors (Lipinski definition) is 2. The topological polar surface area (TPSA) is 46.5 Å². The molecule has 0 spiro atoms. The van der Waals surface area contributed by atoms with Crippen LogP contribution >= 0.6 is 0 Å². The summed E-state index contributed by atoms with van der Waals surface area (Å²) in [5.74, 6) is 1.28. The first-order valence-corrected chi connectivity index (χ1v) is 15.7. The van der Waals surface area contributed by atoms with Crippen molar-refractivity contribution in [3.8, 4) is 5.75 Å². The van der Waals surface area contributed by atoms with Crippen molar-refractivity contribution >= 4 is 5.97 Å². The summed E-state index contributed by atoms with van der Waals surface area (Å²) in [4.78, 5) is 11.1. The van der Waals surface area contributed by atoms with E-state index in [0.717, 1.165) is 31.4 Å². The molecule has 1 aromatic rings. The Bertz CT molecular complexity index is 953. The molecule has 1 aromatic carbocycles. The number of carboxylic acids is 1. The van der Waals surface area contributed by atoms with Gasteiger partial charge in [0.05, 0.1) is 13.0 Å². The lowest BCUT2D eigenvalue weighted by Crippen LogP contribution is -2.11. The van der Waals surface area contributed by atoms with Crippen LogP contribution in [0, 0.1) is 32.6 Å². The minimum Gasteiger partial charge on any atom is -0.496 e. The third-order valence-electron chi connectivity index (χ3n) is 8.32. The van der Waals surface area contributed by atoms with Crippen molar-refractivity contribution in [2.45, 2.75) is 124 Å². The lowest BCUT2D eigenvalue weighted by Gasteiger charge is -2.27. The van der Waals surface area contributed by atoms with E-state index in [1.807, 2.05) is 25.2 Å². The number of carboxylic acid groups (broad SMARTS) is 1. The second-order valence-electron chi connectivity index (χ2n) is 11.8. The first-order chi connectivity index (χ1) is 19.2. The number of ether oxygens (including phenoxy) is 1. The highest BCUT2D eigenvalue weighted by Gasteiger charge is 2.22. The number of hydrogen-bond donors (Lipinski definition) is 1. The average Bonchev–Trinajstić information content (AvgIpc) is 2.92. The SMILES string of the molecule is C=CC=CC=CC=CCCCCCCCCC(CC(C)CCCCC(C)C(=O)O)c1c(C)cc(OC)c(C)c1C. The van der Waals surface area contributed by atoms with Crippen LogP contribution in [-0.4, -0.2) is 18.2 Å². The van der Waals surface area contributed by atoms with Gasteiger partial charge in [-0.2, -0.15) is 0 Å². The van der Waals surface area contributed by atoms with E-state index >= 15 is 0 Å². The molecule has 40 heavy (non-hydrogen) atoms. The maximum Gasteiger partial charge on any atom is 0.306 e. The van der Waals surface area contributed by atoms with Gasteiger partial charge in [-0.3, -0.25) is 4.79 Å². The fraction of sp³-hybridized carbons (Fsp3) is 0.595. The summed E-state index contributed by atoms with van der Waals surface area (Å²) >= 11 is 0. The Morgan fingerprint density at radius 1 is 0.850 bits per heavy atom. The van der Waals surface area contributed by atoms with E-state index in [0.29, 0.717) is 11.8 Å². The van der Waals surface area contributed by atoms with Gasteiger partial charge in [0.2, 0.25) is 0 Å². The summed E-state index contributed by atoms with van der Waals surface area (Å²) in [6, 6.07) is 2.23. The number of unbranched alkanes of at least 4 members (excludes halogenated alkanes) is 7. The maximum absolute atomic E-state index is 11.1. The minimum absolute atomic E-state index is 0.237. The lowest BCUT2D eigenvalue weighted by molar-refractivity contribution is -0.141. The zero-order valence-corrected chi connectivity index (χ0v) is 26.5. The monoisotopic (exact) mass is 550 g/mol. The van der Waals surface area contributed by atoms with Gasteiger partial charge in [0.1, 0.15) is 5.75 Å². The summed E-state index contributed by atoms with van der Waals surface area (Å²) < 4.78 is 5.66. The van der Waals surface area contributed by atoms with Gasteiger partial charge in [-0.15, -0.1) is 0 Å². The molecule has 0 aliphatic rings. The van der Waals surface area contributed by atoms with E-state index < -0.39 is 5.97 Å². The fourth-order valence-electron chi connectivity index (χ4n) is 5.76. The van der Waals surface area contributed by atoms with Crippen LogP contribution in [0.4, 0.5) is 0 Å². The molecule has 0 saturated carbocycles. The Balaban J connectivity index is 2.60. The highest BCUT2D eigenvalue weighted by molar-refractivity contribution is 5.69. The van der Waals surface area contributed by atoms with Crippen LogP contribution in [0.2, 0.25) is 0 Å². The first kappa shape index (κ1) is 35.5. The van der Waals surface area contributed by atoms with Crippen molar-refractivity contribution in [2.75, 3.05) is 7.11 Å². The number of carbonyl (C=O) groups is 1. The number of rotatable bonds is 22. The van der Waals surface area contributed by atoms with Crippen LogP contribution in [0.1, 0.15) is 125 Å². The highest BCUT2D eigenvalue weighted by atomic mass is 16.5. The summed E-state index contributed by atoms with van der Waals surface area (Å²) in [6.07, 6.45) is 29.7. The van der Waals surface area contributed by atoms with Gasteiger partial charge in [-0.05, 0) is 93.0 Å². The zero-order valence-electron chi connectivity index (χ0n) is 26.5. The predicted molar refractivity (Wildman–Crippen MR) is 174 cm³/mol. The van der Waals surface area contributed by atoms with Crippen LogP contribution in [0.3, 0.4) is 0 Å². The summed E-state index contributed by atoms with van der Waals surface area (Å²) in [5, 5.41) is 9.15. The second kappa shape index (κ2) is 21.2. The van der Waals surface area contributed by atoms with E-state index in [1.54, 1.807) is 13.2 Å². The molecule has 1 rings (SSSR count). The zero-order chi connectivity index (χ0) is 29.8. The summed E-state index contributed by atoms with van der Waals surface area (Å²) in [7, 11) is 1.77. The van der Waals surface area contributed by atoms with E-state index in [-0.39, 0.29) is 5.92 Å². The molecule has 0 amide bonds. The molecule has 3 unspecified atom stereocenters. The van der Waals surface area contributed by atoms with E-state index in [2.05, 4.69) is 58.6 Å². The smallest absolute Gasteiger partial charge is 0.306 e. The number of aliphatic carboxylic acids is 1. The van der Waals surface area contributed by atoms with Crippen molar-refractivity contribution in [3.05, 3.63) is 77.4 Å². The van der Waals surface area contributed by atoms with Crippen LogP contribution in [-0.2, 0) is 4.79 Å². The molecular formula is C37H58O3. The normalized spacial score (nSPS) is 14.2. The number of aryl methyl sites for hydroxylation is 1. The van der Waals surface area contributed by atoms with Gasteiger partial charge < -0.3 is 9.84 Å². The third kappa shape index (κ3) is 14.2. The standard InChI is InChI=1S/C37H58O3/c1-8-9-10-11-12-13-14-15-16-17-18-19-20-21-26-34(27-29(2)24-22-23-25-30(3)37(38)39)36-31(4)28-35(40-7)32(5)33(36)6/h8-14,28-30,34H,1,15-27H2,2-7H3,(H,38,39). The second-order valence-corrected chi connectivity index (χ2v) is 11.8. The van der Waals surface area contributed by atoms with E-state index in [1.165, 1.54) is 80.0 Å². The van der Waals surface area contributed by atoms with Gasteiger partial charge in [0.15, 0.2) is 0 Å². The van der Waals surface area contributed by atoms with Crippen LogP contribution in [0.5, 0.6) is 5.75 Å². The molecule has 224 valence electrons. The molecule has 3 atom stereocenters. The van der Waals surface area contributed by atoms with Crippen molar-refractivity contribution in [3.63, 3.8) is 0 Å². The summed E-state index contributed by atoms with van der Waals surface area (Å²) in [5.41, 5.74) is 5.54. The van der Waals surface area contributed by atoms with Crippen LogP contribution in [0.15, 0.2) is 55.2 Å². The van der Waals surface area contributed by atoms with Gasteiger partial charge in [0, 0.05) is 0 Å². The van der Waals surface area contributed by atoms with Crippen molar-refractivity contribution in [1.82, 2.24) is 0 Å². The van der Waals surface area contributed by atoms with Gasteiger partial charge >= 0.3 is 5.97 Å². The molecule has 0 aromatic heterocycles. The maximum atomic E-state index is 11.1. The Morgan fingerprint density at radius 3 is 2.12 bits per heavy atom. The van der Waals surface area contributed by atoms with Crippen LogP contribution in [0.25, 0.3) is 0 Å². The Kier molecular flexibility index (Phi) is 18.8. The quantitative estimate of drug-likeness (QED) is 0.115. The van der Waals surface area contributed by atoms with Gasteiger partial charge in [-0.1, -0.05) is 114 Å². The molecule has 0 aliphatic carbocycles. The van der Waals surface area contributed by atoms with Crippen molar-refractivity contribution in [1.29, 1.82) is 0 Å². The molecule has 0 saturated heterocycles. The van der Waals surface area contributed by atoms with Gasteiger partial charge in [0.25, 0.3) is 0 Å². The highest BCUT2D eigenvalue weighted by Crippen LogP contribution is 2.38. The fourth-order valence-corrected chi connectivity index (χ4v) is 5.76. The Morgan fingerprint density at radius 2 is 1.45 bits per heavy atom. The molecule has 3 heteroatoms. The van der Waals surface area contributed by atoms with E-state index in [4.69, 9.17) is 9.84 Å². The van der Waals surface area contributed by atoms with Crippen molar-refractivity contribution in [2.24, 2.45) is 11.8 Å². The summed E-state index contributed by atoms with van der Waals surface area (Å²) in [6.45, 7) is 14.6. The van der Waals surface area contributed by atoms with Crippen LogP contribution < -0.4 is 4.74 Å². The lowest BCUT2D eigenvalue weighted by atomic mass is 9.79. The molecule has 3 nitrogen and oxygen atoms in total. The largest absolute Gasteiger partial charge is 0.496 e. The molecular weight excluding hydrogens is 492 g/mol. The number of allylic oxidation sites excluding steroid dienone is 7.